The van der Waals surface area contributed by atoms with E-state index in [9.17, 15) is 25.2 Å². The number of hydrogen-bond donors (Lipinski definition) is 8. The van der Waals surface area contributed by atoms with Gasteiger partial charge < -0.3 is 45.8 Å². The third-order valence-electron chi connectivity index (χ3n) is 4.39. The molecule has 1 unspecified atom stereocenters. The maximum Gasteiger partial charge on any atom is 0.384 e. The van der Waals surface area contributed by atoms with Gasteiger partial charge in [-0.15, -0.1) is 0 Å². The molecule has 0 spiro atoms. The summed E-state index contributed by atoms with van der Waals surface area (Å²) in [5.74, 6) is -12.2. The van der Waals surface area contributed by atoms with Gasteiger partial charge >= 0.3 is 17.7 Å². The molecule has 1 atom stereocenters. The van der Waals surface area contributed by atoms with Crippen LogP contribution in [0.5, 0.6) is 5.75 Å². The van der Waals surface area contributed by atoms with E-state index in [0.29, 0.717) is 5.56 Å². The van der Waals surface area contributed by atoms with Crippen molar-refractivity contribution < 1.29 is 55.1 Å². The molecule has 2 heterocycles. The second-order valence-corrected chi connectivity index (χ2v) is 6.38. The second-order valence-electron chi connectivity index (χ2n) is 6.38. The molecule has 2 fully saturated rings. The van der Waals surface area contributed by atoms with E-state index in [1.165, 1.54) is 13.1 Å². The van der Waals surface area contributed by atoms with Gasteiger partial charge in [0.25, 0.3) is 11.7 Å². The Morgan fingerprint density at radius 2 is 1.67 bits per heavy atom. The Bertz CT molecular complexity index is 758. The van der Waals surface area contributed by atoms with Crippen LogP contribution in [0, 0.1) is 0 Å². The summed E-state index contributed by atoms with van der Waals surface area (Å²) >= 11 is 0. The van der Waals surface area contributed by atoms with Crippen LogP contribution in [0.2, 0.25) is 0 Å². The van der Waals surface area contributed by atoms with Crippen molar-refractivity contribution in [1.29, 1.82) is 0 Å². The minimum absolute atomic E-state index is 0.0718. The molecule has 1 saturated heterocycles. The molecule has 0 radical (unpaired) electrons. The van der Waals surface area contributed by atoms with Gasteiger partial charge in [0, 0.05) is 7.05 Å². The summed E-state index contributed by atoms with van der Waals surface area (Å²) in [7, 11) is 1.19. The topological polar surface area (TPSA) is 198 Å². The van der Waals surface area contributed by atoms with Crippen molar-refractivity contribution in [2.75, 3.05) is 7.05 Å². The maximum atomic E-state index is 10.6. The van der Waals surface area contributed by atoms with Crippen LogP contribution in [-0.4, -0.2) is 66.4 Å². The molecule has 12 nitrogen and oxygen atoms in total. The van der Waals surface area contributed by atoms with Gasteiger partial charge in [0.05, 0.1) is 5.56 Å². The standard InChI is InChI=1S/C11H12O5.C4H7NO6/c12-10(13)9-7(6-4-5-6)2-1-3-8(9)16-11(10,14)15;1-5-2(6)3(7)4(8,9)11-10-3/h1-3,6,12-15H,4-5H2;7-9H,1H3,(H,5,6). The molecular formula is C15H19NO11. The lowest BCUT2D eigenvalue weighted by Crippen LogP contribution is -2.73. The minimum Gasteiger partial charge on any atom is -0.434 e. The van der Waals surface area contributed by atoms with E-state index in [0.717, 1.165) is 12.8 Å². The molecule has 1 amide bonds. The predicted octanol–water partition coefficient (Wildman–Crippen LogP) is -3.25. The number of ether oxygens (including phenoxy) is 1. The monoisotopic (exact) mass is 389 g/mol. The van der Waals surface area contributed by atoms with Crippen LogP contribution in [0.1, 0.15) is 29.9 Å². The summed E-state index contributed by atoms with van der Waals surface area (Å²) in [5, 5.41) is 66.5. The van der Waals surface area contributed by atoms with Crippen LogP contribution in [-0.2, 0) is 20.4 Å². The van der Waals surface area contributed by atoms with Gasteiger partial charge in [-0.25, -0.2) is 0 Å². The molecule has 12 heteroatoms. The first kappa shape index (κ1) is 19.9. The zero-order valence-electron chi connectivity index (χ0n) is 14.0. The van der Waals surface area contributed by atoms with Crippen LogP contribution < -0.4 is 10.1 Å². The molecule has 1 aromatic carbocycles. The number of likely N-dealkylation sites (N-methyl/N-ethyl adjacent to an activating group) is 1. The average Bonchev–Trinajstić information content (AvgIpc) is 3.41. The van der Waals surface area contributed by atoms with Gasteiger partial charge in [0.1, 0.15) is 5.75 Å². The molecule has 1 aliphatic carbocycles. The van der Waals surface area contributed by atoms with Crippen LogP contribution in [0.4, 0.5) is 0 Å². The van der Waals surface area contributed by atoms with E-state index in [-0.39, 0.29) is 17.2 Å². The van der Waals surface area contributed by atoms with Gasteiger partial charge in [-0.2, -0.15) is 9.78 Å². The first-order valence-electron chi connectivity index (χ1n) is 7.85. The molecule has 27 heavy (non-hydrogen) atoms. The number of hydrogen-bond acceptors (Lipinski definition) is 11. The van der Waals surface area contributed by atoms with E-state index in [2.05, 4.69) is 9.78 Å². The maximum absolute atomic E-state index is 10.6. The molecule has 4 rings (SSSR count). The van der Waals surface area contributed by atoms with Crippen molar-refractivity contribution in [3.63, 3.8) is 0 Å². The highest BCUT2D eigenvalue weighted by Gasteiger charge is 2.69. The summed E-state index contributed by atoms with van der Waals surface area (Å²) < 4.78 is 4.74. The molecular weight excluding hydrogens is 370 g/mol. The molecule has 0 bridgehead atoms. The van der Waals surface area contributed by atoms with Gasteiger partial charge in [-0.05, 0) is 30.4 Å². The molecule has 0 aromatic heterocycles. The van der Waals surface area contributed by atoms with Crippen molar-refractivity contribution in [3.05, 3.63) is 29.3 Å². The van der Waals surface area contributed by atoms with Crippen molar-refractivity contribution in [1.82, 2.24) is 5.32 Å². The lowest BCUT2D eigenvalue weighted by Gasteiger charge is -2.42. The van der Waals surface area contributed by atoms with Crippen molar-refractivity contribution in [3.8, 4) is 5.75 Å². The highest BCUT2D eigenvalue weighted by atomic mass is 17.3. The fourth-order valence-electron chi connectivity index (χ4n) is 2.68. The lowest BCUT2D eigenvalue weighted by atomic mass is 9.96. The molecule has 1 aromatic rings. The van der Waals surface area contributed by atoms with Gasteiger partial charge in [0.2, 0.25) is 0 Å². The van der Waals surface area contributed by atoms with E-state index >= 15 is 0 Å². The SMILES string of the molecule is CNC(=O)C1(O)OOC1(O)O.OC1(O)Oc2cccc(C3CC3)c2C1(O)O. The van der Waals surface area contributed by atoms with E-state index in [4.69, 9.17) is 20.1 Å². The van der Waals surface area contributed by atoms with Crippen LogP contribution in [0.3, 0.4) is 0 Å². The number of fused-ring (bicyclic) bond motifs is 1. The molecule has 1 saturated carbocycles. The Hall–Kier alpha value is -1.87. The Balaban J connectivity index is 0.000000168. The minimum atomic E-state index is -2.99. The first-order chi connectivity index (χ1) is 12.4. The smallest absolute Gasteiger partial charge is 0.384 e. The lowest BCUT2D eigenvalue weighted by molar-refractivity contribution is -0.685. The summed E-state index contributed by atoms with van der Waals surface area (Å²) in [6.07, 6.45) is 1.94. The highest BCUT2D eigenvalue weighted by molar-refractivity contribution is 5.84. The largest absolute Gasteiger partial charge is 0.434 e. The van der Waals surface area contributed by atoms with Crippen LogP contribution in [0.25, 0.3) is 0 Å². The summed E-state index contributed by atoms with van der Waals surface area (Å²) in [5.41, 5.74) is 0.787. The number of nitrogens with one attached hydrogen (secondary N) is 1. The Morgan fingerprint density at radius 3 is 2.07 bits per heavy atom. The van der Waals surface area contributed by atoms with Crippen LogP contribution in [0.15, 0.2) is 18.2 Å². The van der Waals surface area contributed by atoms with E-state index in [1.807, 2.05) is 5.32 Å². The summed E-state index contributed by atoms with van der Waals surface area (Å²) in [6.45, 7) is 0. The number of carbonyl (C=O) groups is 1. The first-order valence-corrected chi connectivity index (χ1v) is 7.85. The molecule has 2 aliphatic heterocycles. The number of aliphatic hydroxyl groups is 7. The van der Waals surface area contributed by atoms with E-state index in [1.54, 1.807) is 12.1 Å². The van der Waals surface area contributed by atoms with Gasteiger partial charge in [0.15, 0.2) is 0 Å². The zero-order chi connectivity index (χ0) is 20.3. The Morgan fingerprint density at radius 1 is 1.04 bits per heavy atom. The normalized spacial score (nSPS) is 28.7. The van der Waals surface area contributed by atoms with Crippen molar-refractivity contribution in [2.24, 2.45) is 0 Å². The third-order valence-corrected chi connectivity index (χ3v) is 4.39. The van der Waals surface area contributed by atoms with Crippen molar-refractivity contribution >= 4 is 5.91 Å². The fraction of sp³-hybridized carbons (Fsp3) is 0.533. The van der Waals surface area contributed by atoms with Crippen molar-refractivity contribution in [2.45, 2.75) is 42.3 Å². The number of amides is 1. The fourth-order valence-corrected chi connectivity index (χ4v) is 2.68. The quantitative estimate of drug-likeness (QED) is 0.187. The van der Waals surface area contributed by atoms with Crippen LogP contribution >= 0.6 is 0 Å². The predicted molar refractivity (Wildman–Crippen MR) is 80.7 cm³/mol. The highest BCUT2D eigenvalue weighted by Crippen LogP contribution is 2.51. The number of rotatable bonds is 2. The Labute approximate surface area is 151 Å². The summed E-state index contributed by atoms with van der Waals surface area (Å²) in [4.78, 5) is 18.1. The third kappa shape index (κ3) is 2.97. The zero-order valence-corrected chi connectivity index (χ0v) is 14.0. The van der Waals surface area contributed by atoms with E-state index < -0.39 is 29.4 Å². The molecule has 150 valence electrons. The van der Waals surface area contributed by atoms with Gasteiger partial charge in [-0.3, -0.25) is 4.79 Å². The second kappa shape index (κ2) is 6.07. The molecule has 8 N–H and O–H groups in total. The summed E-state index contributed by atoms with van der Waals surface area (Å²) in [6, 6.07) is 4.93. The molecule has 3 aliphatic rings. The number of carbonyl (C=O) groups excluding carboxylic acids is 1. The van der Waals surface area contributed by atoms with Gasteiger partial charge in [-0.1, -0.05) is 12.1 Å². The Kier molecular flexibility index (Phi) is 4.47. The average molecular weight is 389 g/mol. The number of benzene rings is 1.